The molecule has 0 amide bonds. The van der Waals surface area contributed by atoms with Crippen LogP contribution in [0.1, 0.15) is 41.0 Å². The molecule has 0 aromatic heterocycles. The Morgan fingerprint density at radius 3 is 2.12 bits per heavy atom. The van der Waals surface area contributed by atoms with Gasteiger partial charge in [0.15, 0.2) is 0 Å². The molecular weight excluding hydrogens is 235 g/mol. The fourth-order valence-corrected chi connectivity index (χ4v) is 3.33. The number of rotatable bonds is 8. The predicted octanol–water partition coefficient (Wildman–Crippen LogP) is 4.76. The van der Waals surface area contributed by atoms with Gasteiger partial charge in [-0.1, -0.05) is 32.1 Å². The van der Waals surface area contributed by atoms with Gasteiger partial charge >= 0.3 is 7.60 Å². The lowest BCUT2D eigenvalue weighted by Crippen LogP contribution is -2.00. The van der Waals surface area contributed by atoms with E-state index >= 15 is 0 Å². The summed E-state index contributed by atoms with van der Waals surface area (Å²) in [6.45, 7) is 10.5. The molecule has 4 heteroatoms. The second-order valence-electron chi connectivity index (χ2n) is 4.01. The number of hydrogen-bond acceptors (Lipinski definition) is 3. The minimum atomic E-state index is -3.10. The highest BCUT2D eigenvalue weighted by Gasteiger charge is 2.28. The van der Waals surface area contributed by atoms with Crippen LogP contribution in [0, 0.1) is 5.92 Å². The summed E-state index contributed by atoms with van der Waals surface area (Å²) in [6, 6.07) is 0. The van der Waals surface area contributed by atoms with Crippen molar-refractivity contribution < 1.29 is 13.6 Å². The van der Waals surface area contributed by atoms with Crippen molar-refractivity contribution in [1.82, 2.24) is 0 Å². The molecule has 0 saturated carbocycles. The minimum Gasteiger partial charge on any atom is -0.306 e. The lowest BCUT2D eigenvalue weighted by Gasteiger charge is -2.20. The molecule has 0 aliphatic heterocycles. The molecule has 0 saturated heterocycles. The van der Waals surface area contributed by atoms with Crippen LogP contribution in [0.2, 0.25) is 0 Å². The van der Waals surface area contributed by atoms with Gasteiger partial charge in [0.2, 0.25) is 0 Å². The lowest BCUT2D eigenvalue weighted by molar-refractivity contribution is 0.225. The quantitative estimate of drug-likeness (QED) is 0.466. The second-order valence-corrected chi connectivity index (χ2v) is 6.09. The van der Waals surface area contributed by atoms with Crippen LogP contribution in [0.4, 0.5) is 0 Å². The molecule has 0 aliphatic carbocycles. The Balaban J connectivity index is 5.13. The van der Waals surface area contributed by atoms with Gasteiger partial charge in [0, 0.05) is 5.31 Å². The first kappa shape index (κ1) is 16.6. The zero-order valence-electron chi connectivity index (χ0n) is 11.6. The van der Waals surface area contributed by atoms with Crippen molar-refractivity contribution in [3.63, 3.8) is 0 Å². The van der Waals surface area contributed by atoms with Crippen molar-refractivity contribution in [2.75, 3.05) is 13.2 Å². The molecule has 0 aliphatic rings. The van der Waals surface area contributed by atoms with E-state index in [1.54, 1.807) is 0 Å². The van der Waals surface area contributed by atoms with Crippen LogP contribution < -0.4 is 0 Å². The van der Waals surface area contributed by atoms with Crippen LogP contribution in [0.15, 0.2) is 23.5 Å². The van der Waals surface area contributed by atoms with E-state index in [2.05, 4.69) is 13.8 Å². The average Bonchev–Trinajstić information content (AvgIpc) is 2.24. The molecular formula is C13H25O3P. The fraction of sp³-hybridized carbons (Fsp3) is 0.692. The molecule has 0 aromatic rings. The zero-order valence-corrected chi connectivity index (χ0v) is 12.5. The van der Waals surface area contributed by atoms with E-state index < -0.39 is 7.60 Å². The summed E-state index contributed by atoms with van der Waals surface area (Å²) in [4.78, 5) is 0. The van der Waals surface area contributed by atoms with Crippen LogP contribution in [0.3, 0.4) is 0 Å². The van der Waals surface area contributed by atoms with Crippen molar-refractivity contribution in [3.8, 4) is 0 Å². The topological polar surface area (TPSA) is 35.5 Å². The first-order valence-electron chi connectivity index (χ1n) is 6.21. The highest BCUT2D eigenvalue weighted by molar-refractivity contribution is 7.58. The Hall–Kier alpha value is -0.370. The van der Waals surface area contributed by atoms with Crippen molar-refractivity contribution in [3.05, 3.63) is 23.5 Å². The van der Waals surface area contributed by atoms with Crippen LogP contribution >= 0.6 is 7.60 Å². The molecule has 0 spiro atoms. The van der Waals surface area contributed by atoms with Gasteiger partial charge in [0.1, 0.15) is 0 Å². The summed E-state index contributed by atoms with van der Waals surface area (Å²) in [5.74, 6) is 0.324. The van der Waals surface area contributed by atoms with E-state index in [0.29, 0.717) is 25.6 Å². The molecule has 100 valence electrons. The molecule has 0 aromatic carbocycles. The number of allylic oxidation sites excluding steroid dienone is 4. The Bertz CT molecular complexity index is 296. The molecule has 0 atom stereocenters. The summed E-state index contributed by atoms with van der Waals surface area (Å²) >= 11 is 0. The van der Waals surface area contributed by atoms with Crippen molar-refractivity contribution in [1.29, 1.82) is 0 Å². The van der Waals surface area contributed by atoms with Crippen molar-refractivity contribution in [2.45, 2.75) is 41.0 Å². The van der Waals surface area contributed by atoms with Gasteiger partial charge < -0.3 is 9.05 Å². The Morgan fingerprint density at radius 2 is 1.76 bits per heavy atom. The van der Waals surface area contributed by atoms with E-state index in [0.717, 1.165) is 5.31 Å². The molecule has 0 radical (unpaired) electrons. The van der Waals surface area contributed by atoms with Crippen LogP contribution in [0.25, 0.3) is 0 Å². The van der Waals surface area contributed by atoms with Crippen LogP contribution in [-0.2, 0) is 13.6 Å². The van der Waals surface area contributed by atoms with Crippen molar-refractivity contribution >= 4 is 7.60 Å². The SMILES string of the molecule is C/C=C/C/C(=C\C(C)C)P(=O)(OCC)OCC. The van der Waals surface area contributed by atoms with Gasteiger partial charge in [0.05, 0.1) is 13.2 Å². The fourth-order valence-electron chi connectivity index (χ4n) is 1.44. The van der Waals surface area contributed by atoms with E-state index in [9.17, 15) is 4.57 Å². The van der Waals surface area contributed by atoms with E-state index in [-0.39, 0.29) is 0 Å². The highest BCUT2D eigenvalue weighted by Crippen LogP contribution is 2.57. The van der Waals surface area contributed by atoms with Crippen LogP contribution in [-0.4, -0.2) is 13.2 Å². The summed E-state index contributed by atoms with van der Waals surface area (Å²) in [5, 5.41) is 0.759. The normalized spacial score (nSPS) is 13.9. The Morgan fingerprint density at radius 1 is 1.24 bits per heavy atom. The largest absolute Gasteiger partial charge is 0.357 e. The van der Waals surface area contributed by atoms with E-state index in [4.69, 9.17) is 9.05 Å². The molecule has 17 heavy (non-hydrogen) atoms. The summed E-state index contributed by atoms with van der Waals surface area (Å²) < 4.78 is 23.3. The maximum atomic E-state index is 12.6. The summed E-state index contributed by atoms with van der Waals surface area (Å²) in [7, 11) is -3.10. The summed E-state index contributed by atoms with van der Waals surface area (Å²) in [6.07, 6.45) is 6.51. The number of hydrogen-bond donors (Lipinski definition) is 0. The average molecular weight is 260 g/mol. The molecule has 0 bridgehead atoms. The lowest BCUT2D eigenvalue weighted by atomic mass is 10.2. The third-order valence-electron chi connectivity index (χ3n) is 2.04. The molecule has 0 rings (SSSR count). The zero-order chi connectivity index (χ0) is 13.3. The van der Waals surface area contributed by atoms with E-state index in [1.165, 1.54) is 0 Å². The van der Waals surface area contributed by atoms with Gasteiger partial charge in [-0.05, 0) is 33.1 Å². The molecule has 0 N–H and O–H groups in total. The molecule has 3 nitrogen and oxygen atoms in total. The standard InChI is InChI=1S/C13H25O3P/c1-6-9-10-13(11-12(4)5)17(14,15-7-2)16-8-3/h6,9,11-12H,7-8,10H2,1-5H3/b9-6+,13-11+. The molecule has 0 fully saturated rings. The third kappa shape index (κ3) is 6.21. The molecule has 0 heterocycles. The molecule has 0 unspecified atom stereocenters. The maximum Gasteiger partial charge on any atom is 0.357 e. The highest BCUT2D eigenvalue weighted by atomic mass is 31.2. The van der Waals surface area contributed by atoms with Gasteiger partial charge in [-0.3, -0.25) is 4.57 Å². The van der Waals surface area contributed by atoms with Crippen molar-refractivity contribution in [2.24, 2.45) is 5.92 Å². The Kier molecular flexibility index (Phi) is 8.49. The first-order chi connectivity index (χ1) is 8.00. The minimum absolute atomic E-state index is 0.324. The maximum absolute atomic E-state index is 12.6. The van der Waals surface area contributed by atoms with Gasteiger partial charge in [-0.15, -0.1) is 0 Å². The third-order valence-corrected chi connectivity index (χ3v) is 4.27. The van der Waals surface area contributed by atoms with E-state index in [1.807, 2.05) is 39.0 Å². The van der Waals surface area contributed by atoms with Gasteiger partial charge in [-0.2, -0.15) is 0 Å². The summed E-state index contributed by atoms with van der Waals surface area (Å²) in [5.41, 5.74) is 0. The van der Waals surface area contributed by atoms with Gasteiger partial charge in [-0.25, -0.2) is 0 Å². The predicted molar refractivity (Wildman–Crippen MR) is 73.2 cm³/mol. The smallest absolute Gasteiger partial charge is 0.306 e. The second kappa shape index (κ2) is 8.68. The van der Waals surface area contributed by atoms with Gasteiger partial charge in [0.25, 0.3) is 0 Å². The Labute approximate surface area is 105 Å². The first-order valence-corrected chi connectivity index (χ1v) is 7.75. The monoisotopic (exact) mass is 260 g/mol. The van der Waals surface area contributed by atoms with Crippen LogP contribution in [0.5, 0.6) is 0 Å².